The van der Waals surface area contributed by atoms with Crippen molar-refractivity contribution in [1.29, 1.82) is 0 Å². The molecule has 18 heavy (non-hydrogen) atoms. The molecule has 0 heterocycles. The van der Waals surface area contributed by atoms with Crippen molar-refractivity contribution in [2.45, 2.75) is 44.6 Å². The number of hydrogen-bond acceptors (Lipinski definition) is 2. The largest absolute Gasteiger partial charge is 0.378 e. The molecule has 0 spiro atoms. The predicted octanol–water partition coefficient (Wildman–Crippen LogP) is 4.05. The Morgan fingerprint density at radius 2 is 2.11 bits per heavy atom. The Morgan fingerprint density at radius 3 is 2.67 bits per heavy atom. The first kappa shape index (κ1) is 13.7. The van der Waals surface area contributed by atoms with Crippen LogP contribution in [0.5, 0.6) is 0 Å². The summed E-state index contributed by atoms with van der Waals surface area (Å²) < 4.78 is 0. The summed E-state index contributed by atoms with van der Waals surface area (Å²) in [6.45, 7) is 2.97. The van der Waals surface area contributed by atoms with Gasteiger partial charge in [0.2, 0.25) is 0 Å². The fourth-order valence-corrected chi connectivity index (χ4v) is 3.08. The topological polar surface area (TPSA) is 38.0 Å². The first-order chi connectivity index (χ1) is 8.67. The average molecular weight is 267 g/mol. The molecule has 3 N–H and O–H groups in total. The Bertz CT molecular complexity index is 384. The molecule has 2 nitrogen and oxygen atoms in total. The molecule has 1 aliphatic rings. The Labute approximate surface area is 115 Å². The van der Waals surface area contributed by atoms with Crippen LogP contribution < -0.4 is 11.1 Å². The van der Waals surface area contributed by atoms with E-state index < -0.39 is 0 Å². The van der Waals surface area contributed by atoms with Crippen LogP contribution in [0.3, 0.4) is 0 Å². The van der Waals surface area contributed by atoms with Crippen LogP contribution in [0.4, 0.5) is 5.69 Å². The number of rotatable bonds is 4. The molecule has 1 fully saturated rings. The number of benzene rings is 1. The van der Waals surface area contributed by atoms with Crippen LogP contribution in [-0.2, 0) is 0 Å². The molecule has 0 radical (unpaired) electrons. The van der Waals surface area contributed by atoms with Gasteiger partial charge in [-0.1, -0.05) is 31.0 Å². The first-order valence-corrected chi connectivity index (χ1v) is 7.29. The zero-order valence-electron chi connectivity index (χ0n) is 11.1. The lowest BCUT2D eigenvalue weighted by Crippen LogP contribution is -2.48. The Balaban J connectivity index is 2.05. The molecule has 0 bridgehead atoms. The smallest absolute Gasteiger partial charge is 0.0495 e. The van der Waals surface area contributed by atoms with E-state index in [2.05, 4.69) is 18.3 Å². The van der Waals surface area contributed by atoms with E-state index in [1.807, 2.05) is 18.2 Å². The van der Waals surface area contributed by atoms with E-state index in [4.69, 9.17) is 17.3 Å². The summed E-state index contributed by atoms with van der Waals surface area (Å²) in [4.78, 5) is 0. The van der Waals surface area contributed by atoms with Gasteiger partial charge in [-0.25, -0.2) is 0 Å². The summed E-state index contributed by atoms with van der Waals surface area (Å²) in [5, 5.41) is 4.39. The average Bonchev–Trinajstić information content (AvgIpc) is 2.39. The number of nitrogens with two attached hydrogens (primary N) is 1. The van der Waals surface area contributed by atoms with Gasteiger partial charge in [0.15, 0.2) is 0 Å². The van der Waals surface area contributed by atoms with Crippen LogP contribution in [0.2, 0.25) is 5.02 Å². The third-order valence-corrected chi connectivity index (χ3v) is 4.50. The molecule has 0 amide bonds. The summed E-state index contributed by atoms with van der Waals surface area (Å²) in [6.07, 6.45) is 6.17. The molecule has 1 saturated carbocycles. The Hall–Kier alpha value is -0.730. The fourth-order valence-electron chi connectivity index (χ4n) is 2.89. The minimum atomic E-state index is 0.0658. The molecular formula is C15H23ClN2. The van der Waals surface area contributed by atoms with Gasteiger partial charge in [0.1, 0.15) is 0 Å². The van der Waals surface area contributed by atoms with Crippen molar-refractivity contribution < 1.29 is 0 Å². The van der Waals surface area contributed by atoms with E-state index >= 15 is 0 Å². The van der Waals surface area contributed by atoms with Gasteiger partial charge in [0, 0.05) is 22.8 Å². The van der Waals surface area contributed by atoms with Gasteiger partial charge in [0.25, 0.3) is 0 Å². The van der Waals surface area contributed by atoms with Crippen molar-refractivity contribution >= 4 is 17.3 Å². The molecular weight excluding hydrogens is 244 g/mol. The first-order valence-electron chi connectivity index (χ1n) is 6.91. The van der Waals surface area contributed by atoms with Crippen molar-refractivity contribution in [3.05, 3.63) is 29.3 Å². The number of hydrogen-bond donors (Lipinski definition) is 2. The van der Waals surface area contributed by atoms with Crippen molar-refractivity contribution in [2.75, 3.05) is 11.9 Å². The molecule has 0 aliphatic heterocycles. The van der Waals surface area contributed by atoms with E-state index in [-0.39, 0.29) is 5.54 Å². The second-order valence-corrected chi connectivity index (χ2v) is 5.91. The zero-order valence-corrected chi connectivity index (χ0v) is 11.8. The highest BCUT2D eigenvalue weighted by atomic mass is 35.5. The monoisotopic (exact) mass is 266 g/mol. The third-order valence-electron chi connectivity index (χ3n) is 4.26. The number of nitrogens with one attached hydrogen (secondary N) is 1. The van der Waals surface area contributed by atoms with Crippen molar-refractivity contribution in [1.82, 2.24) is 0 Å². The van der Waals surface area contributed by atoms with E-state index in [1.54, 1.807) is 0 Å². The summed E-state index contributed by atoms with van der Waals surface area (Å²) in [5.74, 6) is 0.880. The van der Waals surface area contributed by atoms with Crippen molar-refractivity contribution in [3.8, 4) is 0 Å². The van der Waals surface area contributed by atoms with Crippen LogP contribution in [0.15, 0.2) is 24.3 Å². The van der Waals surface area contributed by atoms with E-state index in [1.165, 1.54) is 19.3 Å². The molecule has 0 aromatic heterocycles. The number of halogens is 1. The van der Waals surface area contributed by atoms with E-state index in [9.17, 15) is 0 Å². The summed E-state index contributed by atoms with van der Waals surface area (Å²) in [7, 11) is 0. The van der Waals surface area contributed by atoms with Crippen molar-refractivity contribution in [2.24, 2.45) is 11.7 Å². The summed E-state index contributed by atoms with van der Waals surface area (Å²) >= 11 is 6.03. The van der Waals surface area contributed by atoms with Gasteiger partial charge in [0.05, 0.1) is 0 Å². The lowest BCUT2D eigenvalue weighted by Gasteiger charge is -2.40. The molecule has 100 valence electrons. The Morgan fingerprint density at radius 1 is 1.39 bits per heavy atom. The zero-order chi connectivity index (χ0) is 13.0. The normalized spacial score (nSPS) is 28.1. The molecule has 0 atom stereocenters. The summed E-state index contributed by atoms with van der Waals surface area (Å²) in [6, 6.07) is 7.92. The van der Waals surface area contributed by atoms with Gasteiger partial charge in [-0.2, -0.15) is 0 Å². The maximum Gasteiger partial charge on any atom is 0.0495 e. The molecule has 0 unspecified atom stereocenters. The van der Waals surface area contributed by atoms with Gasteiger partial charge >= 0.3 is 0 Å². The van der Waals surface area contributed by atoms with Gasteiger partial charge in [-0.05, 0) is 49.8 Å². The molecule has 3 heteroatoms. The van der Waals surface area contributed by atoms with Gasteiger partial charge < -0.3 is 11.1 Å². The molecule has 1 aliphatic carbocycles. The molecule has 1 aromatic carbocycles. The van der Waals surface area contributed by atoms with Gasteiger partial charge in [-0.3, -0.25) is 0 Å². The maximum absolute atomic E-state index is 6.03. The van der Waals surface area contributed by atoms with Crippen molar-refractivity contribution in [3.63, 3.8) is 0 Å². The quantitative estimate of drug-likeness (QED) is 0.863. The van der Waals surface area contributed by atoms with Crippen LogP contribution in [0, 0.1) is 5.92 Å². The third kappa shape index (κ3) is 3.18. The van der Waals surface area contributed by atoms with E-state index in [0.717, 1.165) is 29.5 Å². The highest BCUT2D eigenvalue weighted by Gasteiger charge is 2.33. The fraction of sp³-hybridized carbons (Fsp3) is 0.600. The highest BCUT2D eigenvalue weighted by Crippen LogP contribution is 2.35. The van der Waals surface area contributed by atoms with Gasteiger partial charge in [-0.15, -0.1) is 0 Å². The second kappa shape index (κ2) is 5.94. The number of anilines is 1. The minimum Gasteiger partial charge on any atom is -0.378 e. The summed E-state index contributed by atoms with van der Waals surface area (Å²) in [5.41, 5.74) is 7.17. The van der Waals surface area contributed by atoms with Crippen LogP contribution in [0.25, 0.3) is 0 Å². The van der Waals surface area contributed by atoms with Crippen LogP contribution in [0.1, 0.15) is 39.0 Å². The van der Waals surface area contributed by atoms with Crippen LogP contribution >= 0.6 is 11.6 Å². The SMILES string of the molecule is CCC1CCC(CN)(Nc2cccc(Cl)c2)CC1. The predicted molar refractivity (Wildman–Crippen MR) is 79.1 cm³/mol. The molecule has 1 aromatic rings. The van der Waals surface area contributed by atoms with E-state index in [0.29, 0.717) is 6.54 Å². The Kier molecular flexibility index (Phi) is 4.52. The van der Waals surface area contributed by atoms with Crippen LogP contribution in [-0.4, -0.2) is 12.1 Å². The standard InChI is InChI=1S/C15H23ClN2/c1-2-12-6-8-15(11-17,9-7-12)18-14-5-3-4-13(16)10-14/h3-5,10,12,18H,2,6-9,11,17H2,1H3. The second-order valence-electron chi connectivity index (χ2n) is 5.47. The lowest BCUT2D eigenvalue weighted by atomic mass is 9.75. The maximum atomic E-state index is 6.03. The highest BCUT2D eigenvalue weighted by molar-refractivity contribution is 6.30. The molecule has 0 saturated heterocycles. The minimum absolute atomic E-state index is 0.0658. The molecule has 2 rings (SSSR count). The lowest BCUT2D eigenvalue weighted by molar-refractivity contribution is 0.253.